The van der Waals surface area contributed by atoms with Crippen molar-refractivity contribution in [2.75, 3.05) is 0 Å². The number of carbonyl (C=O) groups is 1. The van der Waals surface area contributed by atoms with E-state index in [1.807, 2.05) is 39.0 Å². The van der Waals surface area contributed by atoms with Gasteiger partial charge in [-0.05, 0) is 63.3 Å². The molecule has 0 unspecified atom stereocenters. The molecule has 0 radical (unpaired) electrons. The van der Waals surface area contributed by atoms with Crippen LogP contribution in [0.15, 0.2) is 36.5 Å². The van der Waals surface area contributed by atoms with Crippen molar-refractivity contribution in [3.63, 3.8) is 0 Å². The lowest BCUT2D eigenvalue weighted by molar-refractivity contribution is 0.0913. The minimum atomic E-state index is -0.331. The summed E-state index contributed by atoms with van der Waals surface area (Å²) in [4.78, 5) is 12.4. The molecule has 0 spiro atoms. The van der Waals surface area contributed by atoms with Crippen LogP contribution < -0.4 is 5.32 Å². The van der Waals surface area contributed by atoms with Crippen molar-refractivity contribution in [3.05, 3.63) is 53.3 Å². The van der Waals surface area contributed by atoms with Crippen LogP contribution in [0.3, 0.4) is 0 Å². The number of para-hydroxylation sites is 1. The van der Waals surface area contributed by atoms with Crippen LogP contribution in [0.2, 0.25) is 0 Å². The number of amides is 1. The Hall–Kier alpha value is -2.69. The number of carbonyl (C=O) groups excluding carboxylic acids is 1. The molecule has 0 saturated carbocycles. The van der Waals surface area contributed by atoms with E-state index in [0.717, 1.165) is 41.5 Å². The van der Waals surface area contributed by atoms with E-state index in [4.69, 9.17) is 0 Å². The van der Waals surface area contributed by atoms with Crippen LogP contribution in [0.5, 0.6) is 5.75 Å². The molecule has 2 N–H and O–H groups in total. The van der Waals surface area contributed by atoms with E-state index in [-0.39, 0.29) is 17.2 Å². The molecule has 5 heteroatoms. The van der Waals surface area contributed by atoms with Gasteiger partial charge in [-0.3, -0.25) is 4.79 Å². The third kappa shape index (κ3) is 3.87. The van der Waals surface area contributed by atoms with E-state index in [1.165, 1.54) is 0 Å². The molecule has 1 amide bonds. The highest BCUT2D eigenvalue weighted by Crippen LogP contribution is 2.42. The molecule has 25 heavy (non-hydrogen) atoms. The van der Waals surface area contributed by atoms with Gasteiger partial charge in [0.05, 0.1) is 6.20 Å². The Morgan fingerprint density at radius 2 is 1.88 bits per heavy atom. The third-order valence-corrected chi connectivity index (χ3v) is 4.17. The summed E-state index contributed by atoms with van der Waals surface area (Å²) in [7, 11) is 0. The second-order valence-electron chi connectivity index (χ2n) is 7.36. The van der Waals surface area contributed by atoms with Crippen molar-refractivity contribution in [1.29, 1.82) is 0 Å². The van der Waals surface area contributed by atoms with Gasteiger partial charge in [0.2, 0.25) is 0 Å². The summed E-state index contributed by atoms with van der Waals surface area (Å²) in [5.41, 5.74) is 3.97. The lowest BCUT2D eigenvalue weighted by Crippen LogP contribution is -2.41. The van der Waals surface area contributed by atoms with Crippen LogP contribution in [-0.4, -0.2) is 26.7 Å². The molecule has 1 heterocycles. The SMILES string of the molecule is CC(C)(C)NC(=O)c1cc(C2=C(c3ccccc3O)CCC2)cnn1. The zero-order chi connectivity index (χ0) is 18.0. The van der Waals surface area contributed by atoms with Crippen LogP contribution in [-0.2, 0) is 0 Å². The third-order valence-electron chi connectivity index (χ3n) is 4.17. The maximum absolute atomic E-state index is 12.4. The van der Waals surface area contributed by atoms with Gasteiger partial charge in [0.1, 0.15) is 5.75 Å². The summed E-state index contributed by atoms with van der Waals surface area (Å²) in [5, 5.41) is 21.1. The maximum Gasteiger partial charge on any atom is 0.272 e. The Morgan fingerprint density at radius 1 is 1.16 bits per heavy atom. The zero-order valence-electron chi connectivity index (χ0n) is 14.8. The second-order valence-corrected chi connectivity index (χ2v) is 7.36. The monoisotopic (exact) mass is 337 g/mol. The number of rotatable bonds is 3. The molecule has 0 aliphatic heterocycles. The van der Waals surface area contributed by atoms with Crippen LogP contribution in [0.1, 0.15) is 61.6 Å². The van der Waals surface area contributed by atoms with Gasteiger partial charge in [-0.1, -0.05) is 18.2 Å². The van der Waals surface area contributed by atoms with Crippen molar-refractivity contribution in [2.24, 2.45) is 0 Å². The summed E-state index contributed by atoms with van der Waals surface area (Å²) >= 11 is 0. The van der Waals surface area contributed by atoms with E-state index in [2.05, 4.69) is 15.5 Å². The molecule has 1 aliphatic carbocycles. The maximum atomic E-state index is 12.4. The number of benzene rings is 1. The zero-order valence-corrected chi connectivity index (χ0v) is 14.8. The average Bonchev–Trinajstić information content (AvgIpc) is 3.03. The van der Waals surface area contributed by atoms with Crippen molar-refractivity contribution in [3.8, 4) is 5.75 Å². The molecule has 3 rings (SSSR count). The van der Waals surface area contributed by atoms with Crippen molar-refractivity contribution in [1.82, 2.24) is 15.5 Å². The normalized spacial score (nSPS) is 14.7. The quantitative estimate of drug-likeness (QED) is 0.893. The van der Waals surface area contributed by atoms with Gasteiger partial charge < -0.3 is 10.4 Å². The Labute approximate surface area is 147 Å². The fourth-order valence-electron chi connectivity index (χ4n) is 3.14. The minimum absolute atomic E-state index is 0.232. The lowest BCUT2D eigenvalue weighted by Gasteiger charge is -2.20. The molecule has 1 aliphatic rings. The lowest BCUT2D eigenvalue weighted by atomic mass is 9.97. The molecule has 0 saturated heterocycles. The first-order valence-electron chi connectivity index (χ1n) is 8.51. The van der Waals surface area contributed by atoms with E-state index < -0.39 is 0 Å². The average molecular weight is 337 g/mol. The standard InChI is InChI=1S/C20H23N3O2/c1-20(2,3)22-19(25)17-11-13(12-21-23-17)14-8-6-9-15(14)16-7-4-5-10-18(16)24/h4-5,7,10-12,24H,6,8-9H2,1-3H3,(H,22,25). The van der Waals surface area contributed by atoms with E-state index in [0.29, 0.717) is 5.69 Å². The van der Waals surface area contributed by atoms with Crippen molar-refractivity contribution < 1.29 is 9.90 Å². The predicted molar refractivity (Wildman–Crippen MR) is 98.0 cm³/mol. The summed E-state index contributed by atoms with van der Waals surface area (Å²) in [5.74, 6) is 0.0502. The predicted octanol–water partition coefficient (Wildman–Crippen LogP) is 3.81. The number of aromatic nitrogens is 2. The minimum Gasteiger partial charge on any atom is -0.507 e. The highest BCUT2D eigenvalue weighted by molar-refractivity contribution is 5.97. The van der Waals surface area contributed by atoms with Crippen LogP contribution in [0.4, 0.5) is 0 Å². The molecule has 5 nitrogen and oxygen atoms in total. The first-order chi connectivity index (χ1) is 11.8. The number of allylic oxidation sites excluding steroid dienone is 2. The van der Waals surface area contributed by atoms with Gasteiger partial charge in [-0.25, -0.2) is 0 Å². The summed E-state index contributed by atoms with van der Waals surface area (Å²) in [6.07, 6.45) is 4.51. The van der Waals surface area contributed by atoms with E-state index in [1.54, 1.807) is 18.3 Å². The van der Waals surface area contributed by atoms with Gasteiger partial charge in [0, 0.05) is 16.7 Å². The second kappa shape index (κ2) is 6.67. The molecule has 0 atom stereocenters. The number of nitrogens with one attached hydrogen (secondary N) is 1. The molecular weight excluding hydrogens is 314 g/mol. The number of phenolic OH excluding ortho intramolecular Hbond substituents is 1. The fraction of sp³-hybridized carbons (Fsp3) is 0.350. The van der Waals surface area contributed by atoms with Gasteiger partial charge >= 0.3 is 0 Å². The number of hydrogen-bond donors (Lipinski definition) is 2. The fourth-order valence-corrected chi connectivity index (χ4v) is 3.14. The van der Waals surface area contributed by atoms with E-state index >= 15 is 0 Å². The Morgan fingerprint density at radius 3 is 2.60 bits per heavy atom. The molecule has 0 fully saturated rings. The smallest absolute Gasteiger partial charge is 0.272 e. The van der Waals surface area contributed by atoms with Crippen molar-refractivity contribution >= 4 is 17.1 Å². The summed E-state index contributed by atoms with van der Waals surface area (Å²) in [6.45, 7) is 5.79. The van der Waals surface area contributed by atoms with Gasteiger partial charge in [-0.2, -0.15) is 5.10 Å². The van der Waals surface area contributed by atoms with Gasteiger partial charge in [0.25, 0.3) is 5.91 Å². The molecule has 130 valence electrons. The van der Waals surface area contributed by atoms with E-state index in [9.17, 15) is 9.90 Å². The number of aromatic hydroxyl groups is 1. The Balaban J connectivity index is 1.99. The molecule has 1 aromatic carbocycles. The summed E-state index contributed by atoms with van der Waals surface area (Å²) in [6, 6.07) is 9.15. The first kappa shape index (κ1) is 17.1. The van der Waals surface area contributed by atoms with Crippen LogP contribution in [0.25, 0.3) is 11.1 Å². The molecule has 0 bridgehead atoms. The number of hydrogen-bond acceptors (Lipinski definition) is 4. The van der Waals surface area contributed by atoms with Crippen LogP contribution in [0, 0.1) is 0 Å². The van der Waals surface area contributed by atoms with Gasteiger partial charge in [-0.15, -0.1) is 5.10 Å². The largest absolute Gasteiger partial charge is 0.507 e. The number of nitrogens with zero attached hydrogens (tertiary/aromatic N) is 2. The van der Waals surface area contributed by atoms with Crippen molar-refractivity contribution in [2.45, 2.75) is 45.6 Å². The van der Waals surface area contributed by atoms with Gasteiger partial charge in [0.15, 0.2) is 5.69 Å². The summed E-state index contributed by atoms with van der Waals surface area (Å²) < 4.78 is 0. The van der Waals surface area contributed by atoms with Crippen LogP contribution >= 0.6 is 0 Å². The number of phenols is 1. The highest BCUT2D eigenvalue weighted by atomic mass is 16.3. The Kier molecular flexibility index (Phi) is 4.57. The molecule has 2 aromatic rings. The molecule has 1 aromatic heterocycles. The highest BCUT2D eigenvalue weighted by Gasteiger charge is 2.22. The molecular formula is C20H23N3O2. The Bertz CT molecular complexity index is 835. The first-order valence-corrected chi connectivity index (χ1v) is 8.51. The topological polar surface area (TPSA) is 75.1 Å².